The highest BCUT2D eigenvalue weighted by Crippen LogP contribution is 2.32. The molecule has 0 radical (unpaired) electrons. The topological polar surface area (TPSA) is 47.3 Å². The second kappa shape index (κ2) is 3.97. The molecular weight excluding hydrogens is 224 g/mol. The molecule has 0 unspecified atom stereocenters. The van der Waals surface area contributed by atoms with Gasteiger partial charge in [0.05, 0.1) is 16.2 Å². The highest BCUT2D eigenvalue weighted by Gasteiger charge is 2.39. The summed E-state index contributed by atoms with van der Waals surface area (Å²) in [7, 11) is 0. The van der Waals surface area contributed by atoms with E-state index in [9.17, 15) is 5.11 Å². The van der Waals surface area contributed by atoms with Crippen LogP contribution in [0.2, 0.25) is 5.02 Å². The number of hydrogen-bond acceptors (Lipinski definition) is 3. The van der Waals surface area contributed by atoms with E-state index < -0.39 is 5.60 Å². The highest BCUT2D eigenvalue weighted by atomic mass is 35.5. The molecule has 1 aromatic carbocycles. The smallest absolute Gasteiger partial charge is 0.101 e. The maximum Gasteiger partial charge on any atom is 0.101 e. The Kier molecular flexibility index (Phi) is 2.79. The molecule has 0 amide bonds. The highest BCUT2D eigenvalue weighted by molar-refractivity contribution is 6.32. The molecule has 0 atom stereocenters. The van der Waals surface area contributed by atoms with Crippen molar-refractivity contribution in [1.29, 1.82) is 5.26 Å². The number of hydrogen-bond donors (Lipinski definition) is 1. The standard InChI is InChI=1S/C12H13ClN2O/c1-2-12(16)7-15(8-12)10-4-3-9(6-14)11(13)5-10/h3-5,16H,2,7-8H2,1H3. The van der Waals surface area contributed by atoms with Gasteiger partial charge in [-0.15, -0.1) is 0 Å². The van der Waals surface area contributed by atoms with Gasteiger partial charge in [0.25, 0.3) is 0 Å². The Labute approximate surface area is 99.9 Å². The van der Waals surface area contributed by atoms with Crippen LogP contribution in [0.25, 0.3) is 0 Å². The van der Waals surface area contributed by atoms with Gasteiger partial charge in [0.1, 0.15) is 6.07 Å². The van der Waals surface area contributed by atoms with Crippen molar-refractivity contribution in [2.75, 3.05) is 18.0 Å². The quantitative estimate of drug-likeness (QED) is 0.856. The number of nitrogens with zero attached hydrogens (tertiary/aromatic N) is 2. The fraction of sp³-hybridized carbons (Fsp3) is 0.417. The maximum absolute atomic E-state index is 9.89. The van der Waals surface area contributed by atoms with E-state index >= 15 is 0 Å². The van der Waals surface area contributed by atoms with E-state index in [4.69, 9.17) is 16.9 Å². The van der Waals surface area contributed by atoms with Crippen LogP contribution in [0.15, 0.2) is 18.2 Å². The van der Waals surface area contributed by atoms with Crippen molar-refractivity contribution >= 4 is 17.3 Å². The number of halogens is 1. The lowest BCUT2D eigenvalue weighted by Crippen LogP contribution is -2.61. The maximum atomic E-state index is 9.89. The molecule has 1 aliphatic heterocycles. The largest absolute Gasteiger partial charge is 0.386 e. The summed E-state index contributed by atoms with van der Waals surface area (Å²) in [6.07, 6.45) is 0.757. The number of aliphatic hydroxyl groups is 1. The predicted molar refractivity (Wildman–Crippen MR) is 63.6 cm³/mol. The summed E-state index contributed by atoms with van der Waals surface area (Å²) < 4.78 is 0. The molecule has 1 heterocycles. The van der Waals surface area contributed by atoms with E-state index in [-0.39, 0.29) is 0 Å². The predicted octanol–water partition coefficient (Wildman–Crippen LogP) is 2.17. The lowest BCUT2D eigenvalue weighted by Gasteiger charge is -2.47. The lowest BCUT2D eigenvalue weighted by molar-refractivity contribution is 0.00853. The Balaban J connectivity index is 2.14. The van der Waals surface area contributed by atoms with Crippen LogP contribution in [0.4, 0.5) is 5.69 Å². The van der Waals surface area contributed by atoms with Gasteiger partial charge in [-0.25, -0.2) is 0 Å². The van der Waals surface area contributed by atoms with Crippen LogP contribution >= 0.6 is 11.6 Å². The number of benzene rings is 1. The molecule has 2 rings (SSSR count). The average Bonchev–Trinajstić information content (AvgIpc) is 2.24. The van der Waals surface area contributed by atoms with E-state index in [0.717, 1.165) is 12.1 Å². The summed E-state index contributed by atoms with van der Waals surface area (Å²) in [5, 5.41) is 19.1. The third-order valence-electron chi connectivity index (χ3n) is 3.07. The van der Waals surface area contributed by atoms with Gasteiger partial charge in [0.15, 0.2) is 0 Å². The van der Waals surface area contributed by atoms with E-state index in [1.165, 1.54) is 0 Å². The minimum absolute atomic E-state index is 0.465. The Morgan fingerprint density at radius 3 is 2.75 bits per heavy atom. The molecule has 1 fully saturated rings. The molecule has 0 aromatic heterocycles. The summed E-state index contributed by atoms with van der Waals surface area (Å²) in [4.78, 5) is 2.05. The van der Waals surface area contributed by atoms with Gasteiger partial charge in [-0.3, -0.25) is 0 Å². The molecule has 1 saturated heterocycles. The van der Waals surface area contributed by atoms with Crippen molar-refractivity contribution in [2.24, 2.45) is 0 Å². The van der Waals surface area contributed by atoms with Crippen molar-refractivity contribution in [3.8, 4) is 6.07 Å². The monoisotopic (exact) mass is 236 g/mol. The van der Waals surface area contributed by atoms with E-state index in [1.807, 2.05) is 19.1 Å². The second-order valence-electron chi connectivity index (χ2n) is 4.21. The SMILES string of the molecule is CCC1(O)CN(c2ccc(C#N)c(Cl)c2)C1. The van der Waals surface area contributed by atoms with E-state index in [2.05, 4.69) is 4.90 Å². The second-order valence-corrected chi connectivity index (χ2v) is 4.62. The summed E-state index contributed by atoms with van der Waals surface area (Å²) in [6, 6.07) is 7.37. The van der Waals surface area contributed by atoms with Crippen molar-refractivity contribution in [2.45, 2.75) is 18.9 Å². The van der Waals surface area contributed by atoms with Gasteiger partial charge in [0.2, 0.25) is 0 Å². The van der Waals surface area contributed by atoms with Gasteiger partial charge in [-0.2, -0.15) is 5.26 Å². The molecular formula is C12H13ClN2O. The zero-order valence-corrected chi connectivity index (χ0v) is 9.83. The van der Waals surface area contributed by atoms with Crippen LogP contribution in [-0.4, -0.2) is 23.8 Å². The van der Waals surface area contributed by atoms with Crippen LogP contribution in [0.1, 0.15) is 18.9 Å². The first-order valence-corrected chi connectivity index (χ1v) is 5.63. The molecule has 0 aliphatic carbocycles. The molecule has 0 bridgehead atoms. The average molecular weight is 237 g/mol. The van der Waals surface area contributed by atoms with Crippen LogP contribution in [0.5, 0.6) is 0 Å². The molecule has 3 nitrogen and oxygen atoms in total. The summed E-state index contributed by atoms with van der Waals surface area (Å²) >= 11 is 5.95. The van der Waals surface area contributed by atoms with Gasteiger partial charge >= 0.3 is 0 Å². The minimum Gasteiger partial charge on any atom is -0.386 e. The van der Waals surface area contributed by atoms with Gasteiger partial charge < -0.3 is 10.0 Å². The number of nitriles is 1. The Hall–Kier alpha value is -1.24. The Morgan fingerprint density at radius 1 is 1.56 bits per heavy atom. The number of β-amino-alcohol motifs (C(OH)–C–C–N with tert-alkyl or cyclic N) is 1. The Bertz CT molecular complexity index is 447. The van der Waals surface area contributed by atoms with E-state index in [0.29, 0.717) is 23.7 Å². The normalized spacial score (nSPS) is 17.8. The number of anilines is 1. The zero-order valence-electron chi connectivity index (χ0n) is 9.07. The van der Waals surface area contributed by atoms with Crippen LogP contribution < -0.4 is 4.90 Å². The molecule has 1 N–H and O–H groups in total. The van der Waals surface area contributed by atoms with Crippen molar-refractivity contribution < 1.29 is 5.11 Å². The molecule has 0 spiro atoms. The summed E-state index contributed by atoms with van der Waals surface area (Å²) in [5.74, 6) is 0. The van der Waals surface area contributed by atoms with Gasteiger partial charge in [-0.1, -0.05) is 18.5 Å². The van der Waals surface area contributed by atoms with Crippen LogP contribution in [-0.2, 0) is 0 Å². The van der Waals surface area contributed by atoms with Gasteiger partial charge in [0, 0.05) is 18.8 Å². The summed E-state index contributed by atoms with van der Waals surface area (Å²) in [6.45, 7) is 3.24. The molecule has 1 aromatic rings. The van der Waals surface area contributed by atoms with Crippen molar-refractivity contribution in [3.05, 3.63) is 28.8 Å². The van der Waals surface area contributed by atoms with E-state index in [1.54, 1.807) is 12.1 Å². The van der Waals surface area contributed by atoms with Crippen molar-refractivity contribution in [1.82, 2.24) is 0 Å². The minimum atomic E-state index is -0.555. The van der Waals surface area contributed by atoms with Gasteiger partial charge in [-0.05, 0) is 24.6 Å². The van der Waals surface area contributed by atoms with Crippen LogP contribution in [0.3, 0.4) is 0 Å². The fourth-order valence-corrected chi connectivity index (χ4v) is 2.08. The number of rotatable bonds is 2. The molecule has 1 aliphatic rings. The molecule has 4 heteroatoms. The molecule has 16 heavy (non-hydrogen) atoms. The third kappa shape index (κ3) is 1.87. The molecule has 0 saturated carbocycles. The zero-order chi connectivity index (χ0) is 11.8. The van der Waals surface area contributed by atoms with Crippen LogP contribution in [0, 0.1) is 11.3 Å². The first-order valence-electron chi connectivity index (χ1n) is 5.25. The fourth-order valence-electron chi connectivity index (χ4n) is 1.86. The third-order valence-corrected chi connectivity index (χ3v) is 3.38. The lowest BCUT2D eigenvalue weighted by atomic mass is 9.91. The van der Waals surface area contributed by atoms with Crippen molar-refractivity contribution in [3.63, 3.8) is 0 Å². The Morgan fingerprint density at radius 2 is 2.25 bits per heavy atom. The molecule has 84 valence electrons. The summed E-state index contributed by atoms with van der Waals surface area (Å²) in [5.41, 5.74) is 0.888. The first-order chi connectivity index (χ1) is 7.58. The first kappa shape index (κ1) is 11.3.